The summed E-state index contributed by atoms with van der Waals surface area (Å²) in [7, 11) is 1.58. The van der Waals surface area contributed by atoms with Crippen LogP contribution in [0.5, 0.6) is 11.5 Å². The molecule has 1 aromatic carbocycles. The molecule has 2 aromatic rings. The Morgan fingerprint density at radius 1 is 1.13 bits per heavy atom. The summed E-state index contributed by atoms with van der Waals surface area (Å²) in [6.45, 7) is 18.3. The lowest BCUT2D eigenvalue weighted by Crippen LogP contribution is -2.59. The number of carbonyl (C=O) groups is 4. The molecule has 4 rings (SSSR count). The van der Waals surface area contributed by atoms with Crippen LogP contribution in [0.3, 0.4) is 0 Å². The third kappa shape index (κ3) is 7.80. The maximum atomic E-state index is 14.3. The molecule has 1 saturated heterocycles. The summed E-state index contributed by atoms with van der Waals surface area (Å²) in [6, 6.07) is 5.20. The summed E-state index contributed by atoms with van der Waals surface area (Å²) in [5.74, 6) is -1.47. The van der Waals surface area contributed by atoms with E-state index in [9.17, 15) is 24.3 Å². The van der Waals surface area contributed by atoms with Crippen LogP contribution < -0.4 is 20.1 Å². The van der Waals surface area contributed by atoms with E-state index in [1.54, 1.807) is 54.7 Å². The Hall–Kier alpha value is -4.35. The first-order chi connectivity index (χ1) is 21.8. The van der Waals surface area contributed by atoms with Gasteiger partial charge in [-0.3, -0.25) is 14.6 Å². The van der Waals surface area contributed by atoms with E-state index in [0.29, 0.717) is 17.0 Å². The number of carboxylic acid groups (broad SMARTS) is 1. The number of likely N-dealkylation sites (tertiary alicyclic amines) is 1. The van der Waals surface area contributed by atoms with Crippen LogP contribution in [0.25, 0.3) is 10.9 Å². The number of aliphatic carboxylic acids is 1. The standard InChI is InChI=1S/C35H48N4O8/c1-11-20-17-35(20,31(42)43)38-29(40)26-15-22(18-39(26)30(41)28(33(4,5)6)37-32(44)47-34(7,8)9)46-27-16-24(19(2)3)36-25-14-21(45-10)12-13-23(25)27/h11-14,16,19-20,22,26,28H,1,15,17-18H2,2-10H3,(H,37,44)(H,38,40)(H,42,43)/t20-,22+,26-,28+,35?/m0/s1. The van der Waals surface area contributed by atoms with Gasteiger partial charge in [0.25, 0.3) is 0 Å². The van der Waals surface area contributed by atoms with Gasteiger partial charge in [0, 0.05) is 35.6 Å². The van der Waals surface area contributed by atoms with E-state index in [2.05, 4.69) is 17.2 Å². The second kappa shape index (κ2) is 13.0. The molecule has 12 heteroatoms. The van der Waals surface area contributed by atoms with Gasteiger partial charge in [-0.15, -0.1) is 6.58 Å². The predicted octanol–water partition coefficient (Wildman–Crippen LogP) is 4.80. The van der Waals surface area contributed by atoms with E-state index in [1.807, 2.05) is 32.0 Å². The number of carboxylic acids is 1. The third-order valence-corrected chi connectivity index (χ3v) is 8.53. The van der Waals surface area contributed by atoms with Crippen LogP contribution in [-0.4, -0.2) is 81.8 Å². The number of nitrogens with one attached hydrogen (secondary N) is 2. The number of benzene rings is 1. The second-order valence-corrected chi connectivity index (χ2v) is 14.8. The van der Waals surface area contributed by atoms with Crippen LogP contribution >= 0.6 is 0 Å². The van der Waals surface area contributed by atoms with E-state index in [0.717, 1.165) is 11.1 Å². The number of aromatic nitrogens is 1. The fraction of sp³-hybridized carbons (Fsp3) is 0.571. The monoisotopic (exact) mass is 652 g/mol. The van der Waals surface area contributed by atoms with Gasteiger partial charge >= 0.3 is 12.1 Å². The fourth-order valence-electron chi connectivity index (χ4n) is 5.83. The van der Waals surface area contributed by atoms with E-state index >= 15 is 0 Å². The lowest BCUT2D eigenvalue weighted by molar-refractivity contribution is -0.146. The Balaban J connectivity index is 1.70. The van der Waals surface area contributed by atoms with Gasteiger partial charge in [-0.25, -0.2) is 9.59 Å². The van der Waals surface area contributed by atoms with Crippen molar-refractivity contribution < 1.29 is 38.5 Å². The smallest absolute Gasteiger partial charge is 0.408 e. The van der Waals surface area contributed by atoms with Crippen LogP contribution in [0.2, 0.25) is 0 Å². The van der Waals surface area contributed by atoms with Crippen molar-refractivity contribution in [3.63, 3.8) is 0 Å². The Morgan fingerprint density at radius 2 is 1.81 bits per heavy atom. The lowest BCUT2D eigenvalue weighted by Gasteiger charge is -2.35. The van der Waals surface area contributed by atoms with Crippen molar-refractivity contribution in [2.24, 2.45) is 11.3 Å². The molecule has 5 atom stereocenters. The highest BCUT2D eigenvalue weighted by Gasteiger charge is 2.61. The number of rotatable bonds is 10. The molecule has 2 heterocycles. The number of alkyl carbamates (subject to hydrolysis) is 1. The van der Waals surface area contributed by atoms with Gasteiger partial charge in [-0.2, -0.15) is 0 Å². The van der Waals surface area contributed by atoms with Crippen LogP contribution in [0, 0.1) is 11.3 Å². The van der Waals surface area contributed by atoms with E-state index in [4.69, 9.17) is 19.2 Å². The number of fused-ring (bicyclic) bond motifs is 1. The molecule has 1 aromatic heterocycles. The number of pyridine rings is 1. The minimum atomic E-state index is -1.49. The summed E-state index contributed by atoms with van der Waals surface area (Å²) in [5, 5.41) is 16.1. The van der Waals surface area contributed by atoms with Gasteiger partial charge in [0.15, 0.2) is 0 Å². The van der Waals surface area contributed by atoms with Gasteiger partial charge in [0.05, 0.1) is 19.2 Å². The predicted molar refractivity (Wildman–Crippen MR) is 176 cm³/mol. The average Bonchev–Trinajstić information content (AvgIpc) is 3.53. The summed E-state index contributed by atoms with van der Waals surface area (Å²) in [5.41, 5.74) is -1.59. The molecule has 0 radical (unpaired) electrons. The quantitative estimate of drug-likeness (QED) is 0.307. The molecule has 256 valence electrons. The first-order valence-corrected chi connectivity index (χ1v) is 15.9. The van der Waals surface area contributed by atoms with Crippen molar-refractivity contribution in [1.29, 1.82) is 0 Å². The molecule has 2 fully saturated rings. The summed E-state index contributed by atoms with van der Waals surface area (Å²) in [4.78, 5) is 59.5. The molecule has 1 aliphatic heterocycles. The van der Waals surface area contributed by atoms with Gasteiger partial charge in [-0.1, -0.05) is 40.7 Å². The van der Waals surface area contributed by atoms with Gasteiger partial charge in [-0.05, 0) is 50.7 Å². The summed E-state index contributed by atoms with van der Waals surface area (Å²) in [6.07, 6.45) is 0.392. The Bertz CT molecular complexity index is 1560. The Kier molecular flexibility index (Phi) is 9.85. The van der Waals surface area contributed by atoms with Crippen molar-refractivity contribution in [3.05, 3.63) is 42.6 Å². The molecule has 0 bridgehead atoms. The topological polar surface area (TPSA) is 156 Å². The number of carbonyl (C=O) groups excluding carboxylic acids is 3. The minimum absolute atomic E-state index is 0.0153. The molecule has 0 spiro atoms. The molecular weight excluding hydrogens is 604 g/mol. The molecule has 2 aliphatic rings. The molecule has 1 saturated carbocycles. The summed E-state index contributed by atoms with van der Waals surface area (Å²) >= 11 is 0. The zero-order chi connectivity index (χ0) is 35.1. The van der Waals surface area contributed by atoms with E-state index in [-0.39, 0.29) is 25.3 Å². The average molecular weight is 653 g/mol. The molecule has 3 N–H and O–H groups in total. The maximum Gasteiger partial charge on any atom is 0.408 e. The summed E-state index contributed by atoms with van der Waals surface area (Å²) < 4.78 is 17.4. The largest absolute Gasteiger partial charge is 0.497 e. The Morgan fingerprint density at radius 3 is 2.34 bits per heavy atom. The van der Waals surface area contributed by atoms with Gasteiger partial charge < -0.3 is 34.9 Å². The first-order valence-electron chi connectivity index (χ1n) is 15.9. The highest BCUT2D eigenvalue weighted by atomic mass is 16.6. The molecule has 1 aliphatic carbocycles. The molecular formula is C35H48N4O8. The normalized spacial score (nSPS) is 23.2. The van der Waals surface area contributed by atoms with Gasteiger partial charge in [0.1, 0.15) is 40.8 Å². The number of methoxy groups -OCH3 is 1. The van der Waals surface area contributed by atoms with E-state index < -0.39 is 64.5 Å². The second-order valence-electron chi connectivity index (χ2n) is 14.8. The van der Waals surface area contributed by atoms with Gasteiger partial charge in [0.2, 0.25) is 11.8 Å². The number of hydrogen-bond donors (Lipinski definition) is 3. The van der Waals surface area contributed by atoms with Crippen molar-refractivity contribution >= 4 is 34.8 Å². The SMILES string of the molecule is C=C[C@H]1CC1(NC(=O)[C@@H]1C[C@@H](Oc2cc(C(C)C)nc3cc(OC)ccc23)CN1C(=O)[C@@H](NC(=O)OC(C)(C)C)C(C)(C)C)C(=O)O. The van der Waals surface area contributed by atoms with Crippen molar-refractivity contribution in [2.45, 2.75) is 103 Å². The fourth-order valence-corrected chi connectivity index (χ4v) is 5.83. The van der Waals surface area contributed by atoms with Crippen molar-refractivity contribution in [2.75, 3.05) is 13.7 Å². The first kappa shape index (κ1) is 35.5. The zero-order valence-corrected chi connectivity index (χ0v) is 28.8. The number of hydrogen-bond acceptors (Lipinski definition) is 8. The number of nitrogens with zero attached hydrogens (tertiary/aromatic N) is 2. The van der Waals surface area contributed by atoms with Crippen LogP contribution in [-0.2, 0) is 19.1 Å². The van der Waals surface area contributed by atoms with Crippen LogP contribution in [0.4, 0.5) is 4.79 Å². The zero-order valence-electron chi connectivity index (χ0n) is 28.8. The Labute approximate surface area is 276 Å². The molecule has 1 unspecified atom stereocenters. The van der Waals surface area contributed by atoms with Crippen LogP contribution in [0.15, 0.2) is 36.9 Å². The van der Waals surface area contributed by atoms with E-state index in [1.165, 1.54) is 11.0 Å². The maximum absolute atomic E-state index is 14.3. The molecule has 12 nitrogen and oxygen atoms in total. The highest BCUT2D eigenvalue weighted by Crippen LogP contribution is 2.45. The highest BCUT2D eigenvalue weighted by molar-refractivity contribution is 5.96. The third-order valence-electron chi connectivity index (χ3n) is 8.53. The number of amides is 3. The molecule has 3 amide bonds. The molecule has 47 heavy (non-hydrogen) atoms. The lowest BCUT2D eigenvalue weighted by atomic mass is 9.85. The van der Waals surface area contributed by atoms with Crippen molar-refractivity contribution in [1.82, 2.24) is 20.5 Å². The van der Waals surface area contributed by atoms with Crippen LogP contribution in [0.1, 0.15) is 79.8 Å². The minimum Gasteiger partial charge on any atom is -0.497 e. The van der Waals surface area contributed by atoms with Crippen molar-refractivity contribution in [3.8, 4) is 11.5 Å². The number of ether oxygens (including phenoxy) is 3.